The summed E-state index contributed by atoms with van der Waals surface area (Å²) in [6, 6.07) is 15.5. The van der Waals surface area contributed by atoms with Crippen LogP contribution in [0.2, 0.25) is 0 Å². The number of carbonyl (C=O) groups is 1. The maximum absolute atomic E-state index is 12.3. The fraction of sp³-hybridized carbons (Fsp3) is 0.188. The lowest BCUT2D eigenvalue weighted by Gasteiger charge is -2.20. The molecule has 2 N–H and O–H groups in total. The van der Waals surface area contributed by atoms with E-state index < -0.39 is 0 Å². The summed E-state index contributed by atoms with van der Waals surface area (Å²) in [7, 11) is 0. The van der Waals surface area contributed by atoms with E-state index in [1.54, 1.807) is 0 Å². The molecule has 0 atom stereocenters. The van der Waals surface area contributed by atoms with Gasteiger partial charge in [0.05, 0.1) is 0 Å². The number of fused-ring (bicyclic) bond motifs is 1. The molecular weight excluding hydrogens is 236 g/mol. The minimum atomic E-state index is -0.0354. The zero-order chi connectivity index (χ0) is 13.1. The van der Waals surface area contributed by atoms with E-state index in [-0.39, 0.29) is 5.91 Å². The van der Waals surface area contributed by atoms with Crippen molar-refractivity contribution < 1.29 is 4.79 Å². The second kappa shape index (κ2) is 5.24. The molecule has 0 fully saturated rings. The first kappa shape index (κ1) is 11.9. The Hall–Kier alpha value is -2.13. The van der Waals surface area contributed by atoms with Gasteiger partial charge in [-0.3, -0.25) is 4.79 Å². The predicted octanol–water partition coefficient (Wildman–Crippen LogP) is 2.58. The lowest BCUT2D eigenvalue weighted by Crippen LogP contribution is -2.27. The zero-order valence-electron chi connectivity index (χ0n) is 10.6. The number of carbonyl (C=O) groups excluding carboxylic acids is 1. The van der Waals surface area contributed by atoms with Gasteiger partial charge in [0, 0.05) is 17.8 Å². The maximum Gasteiger partial charge on any atom is 0.255 e. The third-order valence-corrected chi connectivity index (χ3v) is 3.42. The lowest BCUT2D eigenvalue weighted by molar-refractivity contribution is 0.102. The van der Waals surface area contributed by atoms with E-state index in [1.807, 2.05) is 42.5 Å². The minimum absolute atomic E-state index is 0.0354. The Bertz CT molecular complexity index is 593. The lowest BCUT2D eigenvalue weighted by atomic mass is 9.95. The van der Waals surface area contributed by atoms with Gasteiger partial charge in [-0.05, 0) is 42.3 Å². The Labute approximate surface area is 112 Å². The molecule has 0 unspecified atom stereocenters. The largest absolute Gasteiger partial charge is 0.322 e. The van der Waals surface area contributed by atoms with E-state index >= 15 is 0 Å². The Balaban J connectivity index is 1.88. The molecule has 96 valence electrons. The number of rotatable bonds is 2. The molecule has 0 radical (unpaired) electrons. The van der Waals surface area contributed by atoms with Crippen LogP contribution in [0, 0.1) is 0 Å². The van der Waals surface area contributed by atoms with Crippen molar-refractivity contribution in [2.24, 2.45) is 0 Å². The molecule has 1 amide bonds. The molecule has 1 heterocycles. The third kappa shape index (κ3) is 2.51. The van der Waals surface area contributed by atoms with E-state index in [0.29, 0.717) is 0 Å². The predicted molar refractivity (Wildman–Crippen MR) is 76.2 cm³/mol. The first-order valence-corrected chi connectivity index (χ1v) is 6.52. The Kier molecular flexibility index (Phi) is 3.29. The normalized spacial score (nSPS) is 13.7. The zero-order valence-corrected chi connectivity index (χ0v) is 10.6. The van der Waals surface area contributed by atoms with Gasteiger partial charge >= 0.3 is 0 Å². The van der Waals surface area contributed by atoms with Crippen LogP contribution in [0.5, 0.6) is 0 Å². The number of nitrogens with one attached hydrogen (secondary N) is 2. The molecule has 0 bridgehead atoms. The average molecular weight is 252 g/mol. The molecule has 19 heavy (non-hydrogen) atoms. The summed E-state index contributed by atoms with van der Waals surface area (Å²) in [5.41, 5.74) is 4.00. The number of para-hydroxylation sites is 1. The van der Waals surface area contributed by atoms with E-state index in [2.05, 4.69) is 16.7 Å². The van der Waals surface area contributed by atoms with Gasteiger partial charge in [-0.1, -0.05) is 30.3 Å². The topological polar surface area (TPSA) is 41.1 Å². The minimum Gasteiger partial charge on any atom is -0.322 e. The molecule has 2 aromatic rings. The Morgan fingerprint density at radius 2 is 1.89 bits per heavy atom. The second-order valence-corrected chi connectivity index (χ2v) is 4.69. The molecule has 0 aromatic heterocycles. The summed E-state index contributed by atoms with van der Waals surface area (Å²) in [5, 5.41) is 6.26. The van der Waals surface area contributed by atoms with Crippen molar-refractivity contribution in [2.45, 2.75) is 13.0 Å². The fourth-order valence-corrected chi connectivity index (χ4v) is 2.45. The van der Waals surface area contributed by atoms with E-state index in [1.165, 1.54) is 5.56 Å². The average Bonchev–Trinajstić information content (AvgIpc) is 2.47. The van der Waals surface area contributed by atoms with Crippen molar-refractivity contribution in [3.05, 3.63) is 65.2 Å². The van der Waals surface area contributed by atoms with Crippen molar-refractivity contribution in [2.75, 3.05) is 11.9 Å². The summed E-state index contributed by atoms with van der Waals surface area (Å²) in [6.07, 6.45) is 0.988. The van der Waals surface area contributed by atoms with Crippen molar-refractivity contribution in [3.63, 3.8) is 0 Å². The summed E-state index contributed by atoms with van der Waals surface area (Å²) in [5.74, 6) is -0.0354. The van der Waals surface area contributed by atoms with Gasteiger partial charge in [0.1, 0.15) is 0 Å². The molecule has 3 nitrogen and oxygen atoms in total. The summed E-state index contributed by atoms with van der Waals surface area (Å²) >= 11 is 0. The molecule has 1 aliphatic heterocycles. The van der Waals surface area contributed by atoms with Gasteiger partial charge in [0.15, 0.2) is 0 Å². The quantitative estimate of drug-likeness (QED) is 0.862. The van der Waals surface area contributed by atoms with Gasteiger partial charge < -0.3 is 10.6 Å². The monoisotopic (exact) mass is 252 g/mol. The van der Waals surface area contributed by atoms with E-state index in [0.717, 1.165) is 36.3 Å². The van der Waals surface area contributed by atoms with E-state index in [4.69, 9.17) is 0 Å². The van der Waals surface area contributed by atoms with Crippen molar-refractivity contribution in [3.8, 4) is 0 Å². The molecule has 2 aromatic carbocycles. The van der Waals surface area contributed by atoms with Crippen LogP contribution in [-0.2, 0) is 13.0 Å². The van der Waals surface area contributed by atoms with Crippen LogP contribution in [0.1, 0.15) is 21.5 Å². The van der Waals surface area contributed by atoms with Crippen molar-refractivity contribution >= 4 is 11.6 Å². The maximum atomic E-state index is 12.3. The third-order valence-electron chi connectivity index (χ3n) is 3.42. The molecule has 3 rings (SSSR count). The van der Waals surface area contributed by atoms with Gasteiger partial charge in [-0.15, -0.1) is 0 Å². The highest BCUT2D eigenvalue weighted by molar-refractivity contribution is 6.05. The van der Waals surface area contributed by atoms with Crippen LogP contribution in [0.3, 0.4) is 0 Å². The first-order chi connectivity index (χ1) is 9.34. The van der Waals surface area contributed by atoms with E-state index in [9.17, 15) is 4.79 Å². The number of hydrogen-bond donors (Lipinski definition) is 2. The molecule has 0 aliphatic carbocycles. The summed E-state index contributed by atoms with van der Waals surface area (Å²) in [6.45, 7) is 1.75. The highest BCUT2D eigenvalue weighted by atomic mass is 16.1. The fourth-order valence-electron chi connectivity index (χ4n) is 2.45. The number of anilines is 1. The summed E-state index contributed by atoms with van der Waals surface area (Å²) in [4.78, 5) is 12.3. The first-order valence-electron chi connectivity index (χ1n) is 6.52. The van der Waals surface area contributed by atoms with Crippen LogP contribution < -0.4 is 10.6 Å². The second-order valence-electron chi connectivity index (χ2n) is 4.69. The SMILES string of the molecule is O=C(Nc1ccccc1)c1cccc2c1CNCC2. The molecule has 0 saturated carbocycles. The van der Waals surface area contributed by atoms with Crippen molar-refractivity contribution in [1.82, 2.24) is 5.32 Å². The highest BCUT2D eigenvalue weighted by Gasteiger charge is 2.17. The van der Waals surface area contributed by atoms with Crippen LogP contribution >= 0.6 is 0 Å². The van der Waals surface area contributed by atoms with Gasteiger partial charge in [-0.25, -0.2) is 0 Å². The Morgan fingerprint density at radius 1 is 1.05 bits per heavy atom. The molecule has 3 heteroatoms. The highest BCUT2D eigenvalue weighted by Crippen LogP contribution is 2.19. The van der Waals surface area contributed by atoms with Crippen LogP contribution in [0.4, 0.5) is 5.69 Å². The number of amides is 1. The smallest absolute Gasteiger partial charge is 0.255 e. The number of hydrogen-bond acceptors (Lipinski definition) is 2. The molecule has 0 saturated heterocycles. The van der Waals surface area contributed by atoms with Crippen LogP contribution in [0.25, 0.3) is 0 Å². The van der Waals surface area contributed by atoms with Crippen LogP contribution in [-0.4, -0.2) is 12.5 Å². The standard InChI is InChI=1S/C16H16N2O/c19-16(18-13-6-2-1-3-7-13)14-8-4-5-12-9-10-17-11-15(12)14/h1-8,17H,9-11H2,(H,18,19). The molecular formula is C16H16N2O. The molecule has 0 spiro atoms. The van der Waals surface area contributed by atoms with Gasteiger partial charge in [-0.2, -0.15) is 0 Å². The number of benzene rings is 2. The molecule has 1 aliphatic rings. The summed E-state index contributed by atoms with van der Waals surface area (Å²) < 4.78 is 0. The van der Waals surface area contributed by atoms with Gasteiger partial charge in [0.25, 0.3) is 5.91 Å². The van der Waals surface area contributed by atoms with Crippen molar-refractivity contribution in [1.29, 1.82) is 0 Å². The van der Waals surface area contributed by atoms with Gasteiger partial charge in [0.2, 0.25) is 0 Å². The van der Waals surface area contributed by atoms with Crippen LogP contribution in [0.15, 0.2) is 48.5 Å². The Morgan fingerprint density at radius 3 is 2.74 bits per heavy atom.